The van der Waals surface area contributed by atoms with E-state index in [1.165, 1.54) is 23.3 Å². The zero-order valence-electron chi connectivity index (χ0n) is 13.5. The first-order valence-corrected chi connectivity index (χ1v) is 8.99. The summed E-state index contributed by atoms with van der Waals surface area (Å²) in [5.74, 6) is 0.357. The first-order valence-electron chi connectivity index (χ1n) is 7.94. The molecule has 6 heteroatoms. The largest absolute Gasteiger partial charge is 0.494 e. The highest BCUT2D eigenvalue weighted by Crippen LogP contribution is 2.36. The molecule has 1 aliphatic heterocycles. The number of aromatic amines is 1. The Morgan fingerprint density at radius 1 is 1.29 bits per heavy atom. The van der Waals surface area contributed by atoms with Crippen LogP contribution in [0.2, 0.25) is 0 Å². The van der Waals surface area contributed by atoms with Crippen LogP contribution >= 0.6 is 11.8 Å². The number of nitrogens with one attached hydrogen (secondary N) is 1. The van der Waals surface area contributed by atoms with Crippen molar-refractivity contribution in [3.63, 3.8) is 0 Å². The molecule has 126 valence electrons. The maximum atomic E-state index is 12.6. The number of aromatic nitrogens is 1. The van der Waals surface area contributed by atoms with Crippen molar-refractivity contribution in [1.29, 1.82) is 0 Å². The monoisotopic (exact) mass is 344 g/mol. The Morgan fingerprint density at radius 2 is 2.08 bits per heavy atom. The predicted octanol–water partition coefficient (Wildman–Crippen LogP) is 2.71. The third kappa shape index (κ3) is 3.64. The Balaban J connectivity index is 1.74. The van der Waals surface area contributed by atoms with Gasteiger partial charge in [-0.05, 0) is 24.5 Å². The molecule has 0 radical (unpaired) electrons. The first kappa shape index (κ1) is 16.6. The van der Waals surface area contributed by atoms with Gasteiger partial charge in [-0.1, -0.05) is 24.3 Å². The molecule has 5 nitrogen and oxygen atoms in total. The van der Waals surface area contributed by atoms with Crippen molar-refractivity contribution in [2.75, 3.05) is 18.8 Å². The van der Waals surface area contributed by atoms with Crippen molar-refractivity contribution in [2.24, 2.45) is 0 Å². The fraction of sp³-hybridized carbons (Fsp3) is 0.333. The van der Waals surface area contributed by atoms with Crippen molar-refractivity contribution < 1.29 is 9.90 Å². The van der Waals surface area contributed by atoms with Gasteiger partial charge in [0.1, 0.15) is 0 Å². The van der Waals surface area contributed by atoms with Crippen LogP contribution < -0.4 is 5.56 Å². The lowest BCUT2D eigenvalue weighted by Crippen LogP contribution is -2.33. The Morgan fingerprint density at radius 3 is 2.83 bits per heavy atom. The number of nitrogens with zero attached hydrogens (tertiary/aromatic N) is 1. The van der Waals surface area contributed by atoms with Gasteiger partial charge >= 0.3 is 0 Å². The molecule has 24 heavy (non-hydrogen) atoms. The smallest absolute Gasteiger partial charge is 0.254 e. The van der Waals surface area contributed by atoms with E-state index in [9.17, 15) is 14.7 Å². The van der Waals surface area contributed by atoms with Crippen molar-refractivity contribution in [2.45, 2.75) is 18.6 Å². The van der Waals surface area contributed by atoms with E-state index in [0.29, 0.717) is 18.3 Å². The normalized spacial score (nSPS) is 18.2. The molecule has 1 saturated heterocycles. The summed E-state index contributed by atoms with van der Waals surface area (Å²) in [5, 5.41) is 9.86. The van der Waals surface area contributed by atoms with Crippen molar-refractivity contribution in [3.05, 3.63) is 63.4 Å². The molecule has 1 atom stereocenters. The molecule has 2 aromatic rings. The van der Waals surface area contributed by atoms with Crippen LogP contribution in [0, 0.1) is 6.92 Å². The van der Waals surface area contributed by atoms with Gasteiger partial charge in [0.2, 0.25) is 0 Å². The summed E-state index contributed by atoms with van der Waals surface area (Å²) < 4.78 is 0. The fourth-order valence-corrected chi connectivity index (χ4v) is 4.33. The summed E-state index contributed by atoms with van der Waals surface area (Å²) in [6.07, 6.45) is 0.871. The lowest BCUT2D eigenvalue weighted by atomic mass is 10.0. The second-order valence-corrected chi connectivity index (χ2v) is 7.23. The van der Waals surface area contributed by atoms with E-state index in [0.717, 1.165) is 12.2 Å². The van der Waals surface area contributed by atoms with Crippen molar-refractivity contribution in [1.82, 2.24) is 9.88 Å². The minimum Gasteiger partial charge on any atom is -0.494 e. The molecule has 1 aromatic heterocycles. The lowest BCUT2D eigenvalue weighted by molar-refractivity contribution is 0.0766. The Bertz CT molecular complexity index is 803. The summed E-state index contributed by atoms with van der Waals surface area (Å²) >= 11 is 1.86. The number of H-pyrrole nitrogens is 1. The van der Waals surface area contributed by atoms with Gasteiger partial charge in [0, 0.05) is 36.2 Å². The van der Waals surface area contributed by atoms with Crippen LogP contribution in [0.25, 0.3) is 0 Å². The molecular weight excluding hydrogens is 324 g/mol. The highest BCUT2D eigenvalue weighted by atomic mass is 32.2. The molecule has 0 saturated carbocycles. The van der Waals surface area contributed by atoms with Gasteiger partial charge in [-0.2, -0.15) is 11.8 Å². The number of carbonyl (C=O) groups is 1. The molecule has 0 spiro atoms. The third-order valence-electron chi connectivity index (χ3n) is 4.24. The van der Waals surface area contributed by atoms with Crippen molar-refractivity contribution >= 4 is 17.7 Å². The van der Waals surface area contributed by atoms with E-state index in [-0.39, 0.29) is 17.4 Å². The highest BCUT2D eigenvalue weighted by molar-refractivity contribution is 7.99. The number of hydrogen-bond donors (Lipinski definition) is 2. The SMILES string of the molecule is Cc1ccccc1C1CCN(C(=O)c2cc(O)[nH]c(=O)c2)CCS1. The fourth-order valence-electron chi connectivity index (χ4n) is 3.00. The number of pyridine rings is 1. The van der Waals surface area contributed by atoms with Gasteiger partial charge in [0.05, 0.1) is 5.56 Å². The van der Waals surface area contributed by atoms with E-state index in [4.69, 9.17) is 0 Å². The van der Waals surface area contributed by atoms with Gasteiger partial charge in [-0.25, -0.2) is 0 Å². The van der Waals surface area contributed by atoms with E-state index in [1.807, 2.05) is 17.8 Å². The summed E-state index contributed by atoms with van der Waals surface area (Å²) in [6, 6.07) is 10.9. The maximum absolute atomic E-state index is 12.6. The number of benzene rings is 1. The predicted molar refractivity (Wildman–Crippen MR) is 95.6 cm³/mol. The van der Waals surface area contributed by atoms with Crippen LogP contribution in [0.5, 0.6) is 5.88 Å². The molecule has 1 aliphatic rings. The quantitative estimate of drug-likeness (QED) is 0.878. The molecular formula is C18H20N2O3S. The van der Waals surface area contributed by atoms with Gasteiger partial charge in [0.25, 0.3) is 11.5 Å². The van der Waals surface area contributed by atoms with Crippen LogP contribution in [-0.2, 0) is 0 Å². The average molecular weight is 344 g/mol. The summed E-state index contributed by atoms with van der Waals surface area (Å²) in [5.41, 5.74) is 2.36. The lowest BCUT2D eigenvalue weighted by Gasteiger charge is -2.20. The summed E-state index contributed by atoms with van der Waals surface area (Å²) in [4.78, 5) is 28.1. The highest BCUT2D eigenvalue weighted by Gasteiger charge is 2.24. The van der Waals surface area contributed by atoms with Crippen LogP contribution in [0.3, 0.4) is 0 Å². The molecule has 1 aromatic carbocycles. The molecule has 1 unspecified atom stereocenters. The molecule has 3 rings (SSSR count). The molecule has 2 heterocycles. The third-order valence-corrected chi connectivity index (χ3v) is 5.55. The standard InChI is InChI=1S/C18H20N2O3S/c1-12-4-2-3-5-14(12)15-6-7-20(8-9-24-15)18(23)13-10-16(21)19-17(22)11-13/h2-5,10-11,15H,6-9H2,1H3,(H2,19,21,22). The van der Waals surface area contributed by atoms with Crippen LogP contribution in [0.15, 0.2) is 41.2 Å². The number of rotatable bonds is 2. The summed E-state index contributed by atoms with van der Waals surface area (Å²) in [7, 11) is 0. The van der Waals surface area contributed by atoms with Gasteiger partial charge < -0.3 is 10.0 Å². The van der Waals surface area contributed by atoms with E-state index in [1.54, 1.807) is 4.90 Å². The number of thioether (sulfide) groups is 1. The number of amides is 1. The van der Waals surface area contributed by atoms with E-state index >= 15 is 0 Å². The Kier molecular flexibility index (Phi) is 4.94. The summed E-state index contributed by atoms with van der Waals surface area (Å²) in [6.45, 7) is 3.39. The molecule has 0 aliphatic carbocycles. The maximum Gasteiger partial charge on any atom is 0.254 e. The molecule has 1 fully saturated rings. The van der Waals surface area contributed by atoms with E-state index in [2.05, 4.69) is 30.1 Å². The van der Waals surface area contributed by atoms with Crippen LogP contribution in [0.4, 0.5) is 0 Å². The van der Waals surface area contributed by atoms with Gasteiger partial charge in [-0.3, -0.25) is 14.6 Å². The van der Waals surface area contributed by atoms with Crippen molar-refractivity contribution in [3.8, 4) is 5.88 Å². The van der Waals surface area contributed by atoms with Gasteiger partial charge in [-0.15, -0.1) is 0 Å². The average Bonchev–Trinajstić information content (AvgIpc) is 2.79. The minimum absolute atomic E-state index is 0.206. The number of aromatic hydroxyl groups is 1. The minimum atomic E-state index is -0.472. The second-order valence-electron chi connectivity index (χ2n) is 5.92. The zero-order chi connectivity index (χ0) is 17.1. The first-order chi connectivity index (χ1) is 11.5. The van der Waals surface area contributed by atoms with E-state index < -0.39 is 5.56 Å². The Hall–Kier alpha value is -2.21. The molecule has 0 bridgehead atoms. The van der Waals surface area contributed by atoms with Crippen LogP contribution in [-0.4, -0.2) is 39.7 Å². The zero-order valence-corrected chi connectivity index (χ0v) is 14.3. The number of aryl methyl sites for hydroxylation is 1. The molecule has 1 amide bonds. The second kappa shape index (κ2) is 7.13. The molecule has 2 N–H and O–H groups in total. The Labute approximate surface area is 144 Å². The van der Waals surface area contributed by atoms with Crippen LogP contribution in [0.1, 0.15) is 33.2 Å². The number of carbonyl (C=O) groups excluding carboxylic acids is 1. The van der Waals surface area contributed by atoms with Gasteiger partial charge in [0.15, 0.2) is 5.88 Å². The topological polar surface area (TPSA) is 73.4 Å². The number of hydrogen-bond acceptors (Lipinski definition) is 4.